The molecular formula is C26H36N2O6S. The van der Waals surface area contributed by atoms with Crippen LogP contribution in [-0.2, 0) is 21.4 Å². The van der Waals surface area contributed by atoms with Crippen molar-refractivity contribution in [1.29, 1.82) is 0 Å². The molecule has 0 saturated carbocycles. The molecule has 0 heterocycles. The highest BCUT2D eigenvalue weighted by molar-refractivity contribution is 7.87. The molecule has 0 unspecified atom stereocenters. The minimum absolute atomic E-state index is 0.0907. The highest BCUT2D eigenvalue weighted by Crippen LogP contribution is 2.23. The van der Waals surface area contributed by atoms with Gasteiger partial charge in [0.15, 0.2) is 0 Å². The molecule has 2 aromatic carbocycles. The van der Waals surface area contributed by atoms with E-state index in [0.29, 0.717) is 13.1 Å². The van der Waals surface area contributed by atoms with E-state index in [1.807, 2.05) is 34.6 Å². The zero-order valence-corrected chi connectivity index (χ0v) is 22.3. The fourth-order valence-electron chi connectivity index (χ4n) is 3.23. The second kappa shape index (κ2) is 11.6. The summed E-state index contributed by atoms with van der Waals surface area (Å²) in [5.41, 5.74) is 0.364. The van der Waals surface area contributed by atoms with Gasteiger partial charge in [-0.15, -0.1) is 0 Å². The van der Waals surface area contributed by atoms with Crippen LogP contribution in [0.3, 0.4) is 0 Å². The number of carbonyl (C=O) groups is 2. The number of nitrogens with one attached hydrogen (secondary N) is 1. The van der Waals surface area contributed by atoms with Crippen molar-refractivity contribution >= 4 is 22.1 Å². The van der Waals surface area contributed by atoms with Gasteiger partial charge in [0.25, 0.3) is 0 Å². The predicted molar refractivity (Wildman–Crippen MR) is 135 cm³/mol. The molecule has 0 aromatic heterocycles. The highest BCUT2D eigenvalue weighted by atomic mass is 32.2. The fourth-order valence-corrected chi connectivity index (χ4v) is 4.35. The standard InChI is InChI=1S/C26H36N2O6S/c1-18(2)16-28(25(30)27-26(5,6)7)17-20-12-14-21(15-13-20)34-35(31,32)23-11-9-8-10-22(23)24(29)33-19(3)4/h8-15,18-19H,16-17H2,1-7H3,(H,27,30). The van der Waals surface area contributed by atoms with Crippen molar-refractivity contribution in [1.82, 2.24) is 10.2 Å². The number of benzene rings is 2. The topological polar surface area (TPSA) is 102 Å². The van der Waals surface area contributed by atoms with E-state index >= 15 is 0 Å². The quantitative estimate of drug-likeness (QED) is 0.381. The summed E-state index contributed by atoms with van der Waals surface area (Å²) in [6, 6.07) is 12.1. The maximum Gasteiger partial charge on any atom is 0.340 e. The Bertz CT molecular complexity index is 1120. The lowest BCUT2D eigenvalue weighted by Gasteiger charge is -2.29. The van der Waals surface area contributed by atoms with Gasteiger partial charge in [-0.3, -0.25) is 0 Å². The molecule has 0 bridgehead atoms. The second-order valence-electron chi connectivity index (χ2n) is 10.1. The van der Waals surface area contributed by atoms with Crippen LogP contribution in [0.1, 0.15) is 64.4 Å². The van der Waals surface area contributed by atoms with E-state index in [-0.39, 0.29) is 33.7 Å². The first kappa shape index (κ1) is 28.2. The van der Waals surface area contributed by atoms with Gasteiger partial charge in [0.05, 0.1) is 11.7 Å². The number of hydrogen-bond donors (Lipinski definition) is 1. The van der Waals surface area contributed by atoms with Crippen LogP contribution in [0.25, 0.3) is 0 Å². The third kappa shape index (κ3) is 8.90. The fraction of sp³-hybridized carbons (Fsp3) is 0.462. The Morgan fingerprint density at radius 2 is 1.57 bits per heavy atom. The van der Waals surface area contributed by atoms with Crippen LogP contribution in [0.4, 0.5) is 4.79 Å². The Morgan fingerprint density at radius 1 is 0.971 bits per heavy atom. The summed E-state index contributed by atoms with van der Waals surface area (Å²) in [4.78, 5) is 26.6. The smallest absolute Gasteiger partial charge is 0.340 e. The van der Waals surface area contributed by atoms with Gasteiger partial charge in [-0.05, 0) is 70.4 Å². The number of esters is 1. The largest absolute Gasteiger partial charge is 0.459 e. The molecule has 2 aromatic rings. The lowest BCUT2D eigenvalue weighted by molar-refractivity contribution is 0.0373. The van der Waals surface area contributed by atoms with Crippen LogP contribution in [0.2, 0.25) is 0 Å². The van der Waals surface area contributed by atoms with Crippen LogP contribution in [-0.4, -0.2) is 43.5 Å². The Labute approximate surface area is 208 Å². The zero-order chi connectivity index (χ0) is 26.4. The van der Waals surface area contributed by atoms with Crippen LogP contribution < -0.4 is 9.50 Å². The van der Waals surface area contributed by atoms with Crippen molar-refractivity contribution in [3.63, 3.8) is 0 Å². The van der Waals surface area contributed by atoms with Gasteiger partial charge in [0.1, 0.15) is 10.6 Å². The number of amides is 2. The molecule has 0 aliphatic rings. The maximum absolute atomic E-state index is 12.9. The average molecular weight is 505 g/mol. The monoisotopic (exact) mass is 504 g/mol. The summed E-state index contributed by atoms with van der Waals surface area (Å²) in [7, 11) is -4.29. The molecule has 0 atom stereocenters. The van der Waals surface area contributed by atoms with Crippen LogP contribution in [0.15, 0.2) is 53.4 Å². The van der Waals surface area contributed by atoms with E-state index in [0.717, 1.165) is 5.56 Å². The van der Waals surface area contributed by atoms with Gasteiger partial charge in [0.2, 0.25) is 0 Å². The first-order valence-corrected chi connectivity index (χ1v) is 13.0. The van der Waals surface area contributed by atoms with Crippen LogP contribution >= 0.6 is 0 Å². The minimum atomic E-state index is -4.29. The van der Waals surface area contributed by atoms with Gasteiger partial charge in [-0.25, -0.2) is 9.59 Å². The first-order valence-electron chi connectivity index (χ1n) is 11.6. The molecule has 0 saturated heterocycles. The van der Waals surface area contributed by atoms with Crippen molar-refractivity contribution in [2.45, 2.75) is 71.5 Å². The van der Waals surface area contributed by atoms with Crippen molar-refractivity contribution in [3.05, 3.63) is 59.7 Å². The van der Waals surface area contributed by atoms with Crippen molar-refractivity contribution in [2.24, 2.45) is 5.92 Å². The van der Waals surface area contributed by atoms with Crippen molar-refractivity contribution < 1.29 is 26.9 Å². The molecule has 35 heavy (non-hydrogen) atoms. The van der Waals surface area contributed by atoms with E-state index in [9.17, 15) is 18.0 Å². The van der Waals surface area contributed by atoms with Crippen LogP contribution in [0.5, 0.6) is 5.75 Å². The van der Waals surface area contributed by atoms with E-state index in [1.54, 1.807) is 36.9 Å². The van der Waals surface area contributed by atoms with Crippen molar-refractivity contribution in [3.8, 4) is 5.75 Å². The number of carbonyl (C=O) groups excluding carboxylic acids is 2. The maximum atomic E-state index is 12.9. The van der Waals surface area contributed by atoms with Gasteiger partial charge >= 0.3 is 22.1 Å². The lowest BCUT2D eigenvalue weighted by atomic mass is 10.1. The molecule has 0 aliphatic carbocycles. The molecule has 2 amide bonds. The van der Waals surface area contributed by atoms with E-state index < -0.39 is 22.2 Å². The van der Waals surface area contributed by atoms with Gasteiger partial charge < -0.3 is 19.1 Å². The van der Waals surface area contributed by atoms with Gasteiger partial charge in [-0.1, -0.05) is 38.1 Å². The minimum Gasteiger partial charge on any atom is -0.459 e. The van der Waals surface area contributed by atoms with E-state index in [4.69, 9.17) is 8.92 Å². The molecule has 1 N–H and O–H groups in total. The molecule has 0 radical (unpaired) electrons. The summed E-state index contributed by atoms with van der Waals surface area (Å²) in [6.07, 6.45) is -0.396. The summed E-state index contributed by atoms with van der Waals surface area (Å²) >= 11 is 0. The molecule has 192 valence electrons. The van der Waals surface area contributed by atoms with Gasteiger partial charge in [0, 0.05) is 18.6 Å². The van der Waals surface area contributed by atoms with Gasteiger partial charge in [-0.2, -0.15) is 8.42 Å². The third-order valence-corrected chi connectivity index (χ3v) is 5.88. The number of nitrogens with zero attached hydrogens (tertiary/aromatic N) is 1. The molecule has 0 fully saturated rings. The molecular weight excluding hydrogens is 468 g/mol. The zero-order valence-electron chi connectivity index (χ0n) is 21.5. The first-order chi connectivity index (χ1) is 16.2. The Morgan fingerprint density at radius 3 is 2.11 bits per heavy atom. The highest BCUT2D eigenvalue weighted by Gasteiger charge is 2.26. The molecule has 2 rings (SSSR count). The third-order valence-electron chi connectivity index (χ3n) is 4.58. The average Bonchev–Trinajstić information content (AvgIpc) is 2.72. The SMILES string of the molecule is CC(C)CN(Cc1ccc(OS(=O)(=O)c2ccccc2C(=O)OC(C)C)cc1)C(=O)NC(C)(C)C. The molecule has 0 spiro atoms. The second-order valence-corrected chi connectivity index (χ2v) is 11.6. The number of rotatable bonds is 9. The number of hydrogen-bond acceptors (Lipinski definition) is 6. The summed E-state index contributed by atoms with van der Waals surface area (Å²) in [5.74, 6) is -0.372. The molecule has 9 heteroatoms. The summed E-state index contributed by atoms with van der Waals surface area (Å²) in [5, 5.41) is 2.98. The summed E-state index contributed by atoms with van der Waals surface area (Å²) < 4.78 is 36.3. The number of urea groups is 1. The Balaban J connectivity index is 2.20. The predicted octanol–water partition coefficient (Wildman–Crippen LogP) is 4.99. The normalized spacial score (nSPS) is 11.9. The lowest BCUT2D eigenvalue weighted by Crippen LogP contribution is -2.49. The summed E-state index contributed by atoms with van der Waals surface area (Å²) in [6.45, 7) is 14.1. The Hall–Kier alpha value is -3.07. The van der Waals surface area contributed by atoms with E-state index in [1.165, 1.54) is 30.3 Å². The molecule has 0 aliphatic heterocycles. The van der Waals surface area contributed by atoms with Crippen molar-refractivity contribution in [2.75, 3.05) is 6.54 Å². The number of ether oxygens (including phenoxy) is 1. The molecule has 8 nitrogen and oxygen atoms in total. The van der Waals surface area contributed by atoms with Crippen LogP contribution in [0, 0.1) is 5.92 Å². The Kier molecular flexibility index (Phi) is 9.31. The van der Waals surface area contributed by atoms with E-state index in [2.05, 4.69) is 5.32 Å².